The number of unbranched alkanes of at least 4 members (excludes halogenated alkanes) is 7. The van der Waals surface area contributed by atoms with E-state index in [4.69, 9.17) is 18.9 Å². The number of ether oxygens (including phenoxy) is 4. The van der Waals surface area contributed by atoms with Gasteiger partial charge in [0.25, 0.3) is 0 Å². The average Bonchev–Trinajstić information content (AvgIpc) is 3.35. The van der Waals surface area contributed by atoms with Crippen LogP contribution in [0.4, 0.5) is 17.1 Å². The van der Waals surface area contributed by atoms with Crippen LogP contribution in [-0.4, -0.2) is 57.7 Å². The van der Waals surface area contributed by atoms with E-state index in [1.54, 1.807) is 83.0 Å². The highest BCUT2D eigenvalue weighted by atomic mass is 16.5. The number of hydrogen-bond acceptors (Lipinski definition) is 9. The topological polar surface area (TPSA) is 111 Å². The minimum absolute atomic E-state index is 0.223. The molecular formula is C55H63N3O6. The Hall–Kier alpha value is -7.00. The van der Waals surface area contributed by atoms with Crippen molar-refractivity contribution in [3.63, 3.8) is 0 Å². The highest BCUT2D eigenvalue weighted by molar-refractivity contribution is 5.90. The number of carbonyl (C=O) groups is 1. The van der Waals surface area contributed by atoms with Gasteiger partial charge in [-0.25, -0.2) is 4.79 Å². The maximum Gasteiger partial charge on any atom is 0.338 e. The minimum atomic E-state index is -0.332. The Morgan fingerprint density at radius 1 is 0.469 bits per heavy atom. The molecule has 0 heterocycles. The maximum absolute atomic E-state index is 11.5. The van der Waals surface area contributed by atoms with E-state index >= 15 is 0 Å². The summed E-state index contributed by atoms with van der Waals surface area (Å²) < 4.78 is 20.3. The van der Waals surface area contributed by atoms with Crippen LogP contribution in [0.5, 0.6) is 23.0 Å². The number of aliphatic imine (C=N–C) groups is 3. The number of rotatable bonds is 20. The van der Waals surface area contributed by atoms with E-state index in [2.05, 4.69) is 46.2 Å². The lowest BCUT2D eigenvalue weighted by Crippen LogP contribution is -2.03. The summed E-state index contributed by atoms with van der Waals surface area (Å²) in [4.78, 5) is 24.7. The number of nitrogens with zero attached hydrogens (tertiary/aromatic N) is 3. The van der Waals surface area contributed by atoms with E-state index in [1.165, 1.54) is 63.4 Å². The molecule has 0 fully saturated rings. The van der Waals surface area contributed by atoms with Crippen LogP contribution in [0, 0.1) is 0 Å². The fraction of sp³-hybridized carbons (Fsp3) is 0.273. The summed E-state index contributed by atoms with van der Waals surface area (Å²) in [6.45, 7) is 4.41. The van der Waals surface area contributed by atoms with Crippen LogP contribution in [0.2, 0.25) is 0 Å². The molecule has 0 aromatic heterocycles. The van der Waals surface area contributed by atoms with E-state index in [0.717, 1.165) is 51.0 Å². The molecule has 334 valence electrons. The predicted octanol–water partition coefficient (Wildman–Crippen LogP) is 13.9. The van der Waals surface area contributed by atoms with Crippen molar-refractivity contribution in [2.24, 2.45) is 15.0 Å². The van der Waals surface area contributed by atoms with E-state index in [-0.39, 0.29) is 11.7 Å². The molecule has 0 saturated heterocycles. The van der Waals surface area contributed by atoms with E-state index in [9.17, 15) is 9.90 Å². The molecule has 6 aromatic rings. The van der Waals surface area contributed by atoms with Gasteiger partial charge < -0.3 is 24.1 Å². The third-order valence-corrected chi connectivity index (χ3v) is 9.92. The maximum atomic E-state index is 11.5. The van der Waals surface area contributed by atoms with E-state index in [0.29, 0.717) is 12.2 Å². The molecule has 9 heteroatoms. The summed E-state index contributed by atoms with van der Waals surface area (Å²) in [5.41, 5.74) is 7.56. The standard InChI is InChI=1S/C24H33NO.C16H15NO3.C15H15NO2/c1-3-4-5-6-7-8-9-10-11-21-12-16-23(17-13-21)25-20-22-14-18-24(26-2)19-15-22;1-2-20-16(19)13-5-7-14(8-6-13)17-11-12-3-9-15(18)10-4-12;1-17-14-7-3-12(4-8-14)11-16-13-5-9-15(18-2)10-6-13/h12-20H,3-11H2,1-2H3;3-11,18H,2H2,1H3;3-11H,1-2H3. The third kappa shape index (κ3) is 19.4. The Morgan fingerprint density at radius 2 is 0.828 bits per heavy atom. The Morgan fingerprint density at radius 3 is 1.23 bits per heavy atom. The fourth-order valence-electron chi connectivity index (χ4n) is 6.17. The van der Waals surface area contributed by atoms with E-state index < -0.39 is 0 Å². The van der Waals surface area contributed by atoms with Crippen molar-refractivity contribution in [1.82, 2.24) is 0 Å². The summed E-state index contributed by atoms with van der Waals surface area (Å²) >= 11 is 0. The second kappa shape index (κ2) is 29.3. The number of hydrogen-bond donors (Lipinski definition) is 1. The van der Waals surface area contributed by atoms with Crippen LogP contribution in [0.1, 0.15) is 97.8 Å². The second-order valence-electron chi connectivity index (χ2n) is 14.8. The van der Waals surface area contributed by atoms with Gasteiger partial charge in [-0.1, -0.05) is 64.0 Å². The quantitative estimate of drug-likeness (QED) is 0.0465. The van der Waals surface area contributed by atoms with Gasteiger partial charge in [0.05, 0.1) is 50.6 Å². The number of methoxy groups -OCH3 is 3. The van der Waals surface area contributed by atoms with Gasteiger partial charge in [-0.2, -0.15) is 0 Å². The molecule has 0 saturated carbocycles. The number of aryl methyl sites for hydroxylation is 1. The van der Waals surface area contributed by atoms with Crippen molar-refractivity contribution in [3.8, 4) is 23.0 Å². The van der Waals surface area contributed by atoms with Crippen molar-refractivity contribution < 1.29 is 28.8 Å². The lowest BCUT2D eigenvalue weighted by atomic mass is 10.0. The van der Waals surface area contributed by atoms with Crippen LogP contribution < -0.4 is 14.2 Å². The molecular weight excluding hydrogens is 799 g/mol. The number of aromatic hydroxyl groups is 1. The number of phenols is 1. The predicted molar refractivity (Wildman–Crippen MR) is 264 cm³/mol. The first kappa shape index (κ1) is 49.7. The van der Waals surface area contributed by atoms with Gasteiger partial charge in [0.15, 0.2) is 0 Å². The average molecular weight is 862 g/mol. The number of esters is 1. The lowest BCUT2D eigenvalue weighted by Gasteiger charge is -2.03. The number of carbonyl (C=O) groups excluding carboxylic acids is 1. The van der Waals surface area contributed by atoms with Crippen molar-refractivity contribution in [1.29, 1.82) is 0 Å². The number of benzene rings is 6. The van der Waals surface area contributed by atoms with Crippen molar-refractivity contribution in [2.45, 2.75) is 71.6 Å². The molecule has 64 heavy (non-hydrogen) atoms. The minimum Gasteiger partial charge on any atom is -0.508 e. The monoisotopic (exact) mass is 861 g/mol. The summed E-state index contributed by atoms with van der Waals surface area (Å²) in [6, 6.07) is 45.6. The van der Waals surface area contributed by atoms with Gasteiger partial charge in [-0.15, -0.1) is 0 Å². The van der Waals surface area contributed by atoms with Crippen LogP contribution in [0.25, 0.3) is 0 Å². The molecule has 0 aliphatic heterocycles. The van der Waals surface area contributed by atoms with Gasteiger partial charge >= 0.3 is 5.97 Å². The highest BCUT2D eigenvalue weighted by Crippen LogP contribution is 2.20. The van der Waals surface area contributed by atoms with Gasteiger partial charge in [0, 0.05) is 18.6 Å². The summed E-state index contributed by atoms with van der Waals surface area (Å²) in [5, 5.41) is 9.18. The lowest BCUT2D eigenvalue weighted by molar-refractivity contribution is 0.0526. The first-order valence-electron chi connectivity index (χ1n) is 22.0. The second-order valence-corrected chi connectivity index (χ2v) is 14.8. The first-order valence-corrected chi connectivity index (χ1v) is 22.0. The van der Waals surface area contributed by atoms with Crippen LogP contribution in [0.15, 0.2) is 161 Å². The largest absolute Gasteiger partial charge is 0.508 e. The van der Waals surface area contributed by atoms with Crippen molar-refractivity contribution in [2.75, 3.05) is 27.9 Å². The smallest absolute Gasteiger partial charge is 0.338 e. The summed E-state index contributed by atoms with van der Waals surface area (Å²) in [6.07, 6.45) is 17.6. The molecule has 0 atom stereocenters. The Balaban J connectivity index is 0.000000215. The molecule has 6 aromatic carbocycles. The van der Waals surface area contributed by atoms with Crippen molar-refractivity contribution in [3.05, 3.63) is 173 Å². The summed E-state index contributed by atoms with van der Waals surface area (Å²) in [5.74, 6) is 2.44. The molecule has 0 aliphatic carbocycles. The van der Waals surface area contributed by atoms with Crippen LogP contribution >= 0.6 is 0 Å². The molecule has 9 nitrogen and oxygen atoms in total. The molecule has 0 unspecified atom stereocenters. The molecule has 0 amide bonds. The number of phenolic OH excluding ortho intramolecular Hbond substituents is 1. The van der Waals surface area contributed by atoms with Crippen LogP contribution in [0.3, 0.4) is 0 Å². The zero-order valence-corrected chi connectivity index (χ0v) is 38.0. The van der Waals surface area contributed by atoms with Crippen LogP contribution in [-0.2, 0) is 11.2 Å². The van der Waals surface area contributed by atoms with Crippen molar-refractivity contribution >= 4 is 41.7 Å². The normalized spacial score (nSPS) is 10.8. The fourth-order valence-corrected chi connectivity index (χ4v) is 6.17. The highest BCUT2D eigenvalue weighted by Gasteiger charge is 2.05. The Labute approximate surface area is 380 Å². The van der Waals surface area contributed by atoms with Gasteiger partial charge in [-0.3, -0.25) is 15.0 Å². The Kier molecular flexibility index (Phi) is 22.8. The van der Waals surface area contributed by atoms with E-state index in [1.807, 2.05) is 85.2 Å². The SMILES string of the molecule is CCCCCCCCCCc1ccc(N=Cc2ccc(OC)cc2)cc1.CCOC(=O)c1ccc(N=Cc2ccc(O)cc2)cc1.COc1ccc(C=Nc2ccc(OC)cc2)cc1. The van der Waals surface area contributed by atoms with Gasteiger partial charge in [0.1, 0.15) is 23.0 Å². The Bertz CT molecular complexity index is 2220. The molecule has 1 N–H and O–H groups in total. The molecule has 0 bridgehead atoms. The molecule has 6 rings (SSSR count). The van der Waals surface area contributed by atoms with Gasteiger partial charge in [-0.05, 0) is 175 Å². The molecule has 0 spiro atoms. The summed E-state index contributed by atoms with van der Waals surface area (Å²) in [7, 11) is 4.98. The van der Waals surface area contributed by atoms with Gasteiger partial charge in [0.2, 0.25) is 0 Å². The zero-order valence-electron chi connectivity index (χ0n) is 38.0. The first-order chi connectivity index (χ1) is 31.3. The third-order valence-electron chi connectivity index (χ3n) is 9.92. The molecule has 0 aliphatic rings. The molecule has 0 radical (unpaired) electrons. The zero-order chi connectivity index (χ0) is 45.6.